The molecule has 0 saturated carbocycles. The SMILES string of the molecule is CN(C(=O)CN1C(=O)N[C@](C)(c2ccc(Cl)cc2)C1=O)c1ccccc1. The number of nitrogens with zero attached hydrogens (tertiary/aromatic N) is 2. The van der Waals surface area contributed by atoms with E-state index in [1.54, 1.807) is 50.4 Å². The molecule has 1 aliphatic rings. The third-order valence-corrected chi connectivity index (χ3v) is 4.76. The van der Waals surface area contributed by atoms with Crippen LogP contribution in [0.5, 0.6) is 0 Å². The number of urea groups is 1. The standard InChI is InChI=1S/C19H18ClN3O3/c1-19(13-8-10-14(20)11-9-13)17(25)23(18(26)21-19)12-16(24)22(2)15-6-4-3-5-7-15/h3-11H,12H2,1-2H3,(H,21,26)/t19-/m1/s1. The maximum Gasteiger partial charge on any atom is 0.325 e. The van der Waals surface area contributed by atoms with Crippen LogP contribution in [0.25, 0.3) is 0 Å². The molecule has 1 fully saturated rings. The maximum absolute atomic E-state index is 12.9. The van der Waals surface area contributed by atoms with Crippen LogP contribution in [0.3, 0.4) is 0 Å². The Bertz CT molecular complexity index is 854. The summed E-state index contributed by atoms with van der Waals surface area (Å²) in [6.07, 6.45) is 0. The molecule has 1 aliphatic heterocycles. The Morgan fingerprint density at radius 1 is 1.12 bits per heavy atom. The van der Waals surface area contributed by atoms with Gasteiger partial charge in [0.05, 0.1) is 0 Å². The molecular weight excluding hydrogens is 354 g/mol. The lowest BCUT2D eigenvalue weighted by Gasteiger charge is -2.23. The maximum atomic E-state index is 12.9. The van der Waals surface area contributed by atoms with Crippen molar-refractivity contribution in [2.45, 2.75) is 12.5 Å². The third-order valence-electron chi connectivity index (χ3n) is 4.51. The zero-order valence-electron chi connectivity index (χ0n) is 14.4. The predicted octanol–water partition coefficient (Wildman–Crippen LogP) is 2.77. The first-order chi connectivity index (χ1) is 12.3. The quantitative estimate of drug-likeness (QED) is 0.840. The highest BCUT2D eigenvalue weighted by Gasteiger charge is 2.49. The van der Waals surface area contributed by atoms with Crippen molar-refractivity contribution in [3.05, 3.63) is 65.2 Å². The summed E-state index contributed by atoms with van der Waals surface area (Å²) in [4.78, 5) is 40.1. The summed E-state index contributed by atoms with van der Waals surface area (Å²) in [6.45, 7) is 1.28. The van der Waals surface area contributed by atoms with Gasteiger partial charge in [-0.3, -0.25) is 14.5 Å². The molecule has 1 saturated heterocycles. The predicted molar refractivity (Wildman–Crippen MR) is 98.9 cm³/mol. The zero-order valence-corrected chi connectivity index (χ0v) is 15.2. The summed E-state index contributed by atoms with van der Waals surface area (Å²) in [5, 5.41) is 3.21. The highest BCUT2D eigenvalue weighted by atomic mass is 35.5. The number of likely N-dealkylation sites (N-methyl/N-ethyl adjacent to an activating group) is 1. The smallest absolute Gasteiger partial charge is 0.319 e. The molecule has 134 valence electrons. The number of hydrogen-bond acceptors (Lipinski definition) is 3. The summed E-state index contributed by atoms with van der Waals surface area (Å²) in [6, 6.07) is 15.1. The van der Waals surface area contributed by atoms with E-state index < -0.39 is 17.5 Å². The molecule has 1 N–H and O–H groups in total. The van der Waals surface area contributed by atoms with Crippen LogP contribution in [0.15, 0.2) is 54.6 Å². The van der Waals surface area contributed by atoms with Gasteiger partial charge < -0.3 is 10.2 Å². The Morgan fingerprint density at radius 2 is 1.73 bits per heavy atom. The van der Waals surface area contributed by atoms with E-state index in [1.165, 1.54) is 4.90 Å². The summed E-state index contributed by atoms with van der Waals surface area (Å²) >= 11 is 5.89. The molecule has 0 unspecified atom stereocenters. The van der Waals surface area contributed by atoms with E-state index in [1.807, 2.05) is 18.2 Å². The highest BCUT2D eigenvalue weighted by Crippen LogP contribution is 2.29. The number of imide groups is 1. The minimum Gasteiger partial charge on any atom is -0.319 e. The van der Waals surface area contributed by atoms with Crippen molar-refractivity contribution in [2.75, 3.05) is 18.5 Å². The summed E-state index contributed by atoms with van der Waals surface area (Å²) in [5.74, 6) is -0.834. The van der Waals surface area contributed by atoms with Crippen LogP contribution in [0.4, 0.5) is 10.5 Å². The lowest BCUT2D eigenvalue weighted by Crippen LogP contribution is -2.43. The Labute approximate surface area is 156 Å². The van der Waals surface area contributed by atoms with Crippen molar-refractivity contribution in [1.29, 1.82) is 0 Å². The lowest BCUT2D eigenvalue weighted by atomic mass is 9.92. The third kappa shape index (κ3) is 3.15. The van der Waals surface area contributed by atoms with Crippen molar-refractivity contribution in [1.82, 2.24) is 10.2 Å². The van der Waals surface area contributed by atoms with E-state index in [4.69, 9.17) is 11.6 Å². The molecule has 0 bridgehead atoms. The monoisotopic (exact) mass is 371 g/mol. The fourth-order valence-electron chi connectivity index (χ4n) is 2.86. The second-order valence-corrected chi connectivity index (χ2v) is 6.68. The van der Waals surface area contributed by atoms with E-state index in [2.05, 4.69) is 5.32 Å². The molecular formula is C19H18ClN3O3. The lowest BCUT2D eigenvalue weighted by molar-refractivity contribution is -0.134. The number of carbonyl (C=O) groups excluding carboxylic acids is 3. The first-order valence-corrected chi connectivity index (χ1v) is 8.42. The largest absolute Gasteiger partial charge is 0.325 e. The number of carbonyl (C=O) groups is 3. The van der Waals surface area contributed by atoms with E-state index in [0.717, 1.165) is 4.90 Å². The van der Waals surface area contributed by atoms with Gasteiger partial charge in [0.15, 0.2) is 0 Å². The van der Waals surface area contributed by atoms with Crippen LogP contribution in [-0.4, -0.2) is 36.3 Å². The van der Waals surface area contributed by atoms with E-state index in [-0.39, 0.29) is 12.5 Å². The molecule has 0 radical (unpaired) electrons. The molecule has 1 atom stereocenters. The van der Waals surface area contributed by atoms with Crippen LogP contribution in [0.1, 0.15) is 12.5 Å². The van der Waals surface area contributed by atoms with E-state index >= 15 is 0 Å². The topological polar surface area (TPSA) is 69.7 Å². The molecule has 2 aromatic carbocycles. The van der Waals surface area contributed by atoms with E-state index in [9.17, 15) is 14.4 Å². The molecule has 4 amide bonds. The molecule has 1 heterocycles. The van der Waals surface area contributed by atoms with Crippen molar-refractivity contribution in [3.63, 3.8) is 0 Å². The Kier molecular flexibility index (Phi) is 4.70. The first kappa shape index (κ1) is 17.9. The molecule has 7 heteroatoms. The first-order valence-electron chi connectivity index (χ1n) is 8.04. The van der Waals surface area contributed by atoms with Crippen LogP contribution < -0.4 is 10.2 Å². The average molecular weight is 372 g/mol. The normalized spacial score (nSPS) is 19.4. The van der Waals surface area contributed by atoms with Gasteiger partial charge in [-0.05, 0) is 36.8 Å². The zero-order chi connectivity index (χ0) is 18.9. The molecule has 0 aliphatic carbocycles. The molecule has 2 aromatic rings. The van der Waals surface area contributed by atoms with Gasteiger partial charge in [-0.1, -0.05) is 41.9 Å². The van der Waals surface area contributed by atoms with Crippen LogP contribution >= 0.6 is 11.6 Å². The van der Waals surface area contributed by atoms with Gasteiger partial charge in [0.2, 0.25) is 5.91 Å². The number of nitrogens with one attached hydrogen (secondary N) is 1. The van der Waals surface area contributed by atoms with Crippen molar-refractivity contribution in [2.24, 2.45) is 0 Å². The Hall–Kier alpha value is -2.86. The molecule has 0 aromatic heterocycles. The van der Waals surface area contributed by atoms with Gasteiger partial charge >= 0.3 is 6.03 Å². The summed E-state index contributed by atoms with van der Waals surface area (Å²) < 4.78 is 0. The number of amides is 4. The number of hydrogen-bond donors (Lipinski definition) is 1. The minimum atomic E-state index is -1.23. The number of para-hydroxylation sites is 1. The summed E-state index contributed by atoms with van der Waals surface area (Å²) in [7, 11) is 1.61. The van der Waals surface area contributed by atoms with Crippen molar-refractivity contribution >= 4 is 35.1 Å². The van der Waals surface area contributed by atoms with Gasteiger partial charge in [-0.15, -0.1) is 0 Å². The van der Waals surface area contributed by atoms with Crippen LogP contribution in [-0.2, 0) is 15.1 Å². The molecule has 26 heavy (non-hydrogen) atoms. The van der Waals surface area contributed by atoms with Gasteiger partial charge in [-0.25, -0.2) is 4.79 Å². The van der Waals surface area contributed by atoms with Crippen molar-refractivity contribution < 1.29 is 14.4 Å². The number of anilines is 1. The second-order valence-electron chi connectivity index (χ2n) is 6.24. The fraction of sp³-hybridized carbons (Fsp3) is 0.211. The molecule has 3 rings (SSSR count). The van der Waals surface area contributed by atoms with Gasteiger partial charge in [0.1, 0.15) is 12.1 Å². The second kappa shape index (κ2) is 6.80. The Balaban J connectivity index is 1.79. The van der Waals surface area contributed by atoms with Crippen LogP contribution in [0, 0.1) is 0 Å². The number of rotatable bonds is 4. The van der Waals surface area contributed by atoms with Gasteiger partial charge in [0.25, 0.3) is 5.91 Å². The van der Waals surface area contributed by atoms with Crippen molar-refractivity contribution in [3.8, 4) is 0 Å². The summed E-state index contributed by atoms with van der Waals surface area (Å²) in [5.41, 5.74) is 0.0596. The number of benzene rings is 2. The Morgan fingerprint density at radius 3 is 2.35 bits per heavy atom. The highest BCUT2D eigenvalue weighted by molar-refractivity contribution is 6.30. The molecule has 0 spiro atoms. The minimum absolute atomic E-state index is 0.334. The van der Waals surface area contributed by atoms with Gasteiger partial charge in [-0.2, -0.15) is 0 Å². The fourth-order valence-corrected chi connectivity index (χ4v) is 2.98. The molecule has 6 nitrogen and oxygen atoms in total. The number of halogens is 1. The average Bonchev–Trinajstić information content (AvgIpc) is 2.86. The van der Waals surface area contributed by atoms with Crippen LogP contribution in [0.2, 0.25) is 5.02 Å². The van der Waals surface area contributed by atoms with E-state index in [0.29, 0.717) is 16.3 Å². The van der Waals surface area contributed by atoms with Gasteiger partial charge in [0, 0.05) is 17.8 Å².